The third-order valence-electron chi connectivity index (χ3n) is 7.68. The minimum atomic E-state index is -0.756. The number of terminal acetylenes is 1. The molecule has 130 valence electrons. The van der Waals surface area contributed by atoms with Gasteiger partial charge in [0.15, 0.2) is 0 Å². The van der Waals surface area contributed by atoms with Crippen LogP contribution in [0.3, 0.4) is 0 Å². The van der Waals surface area contributed by atoms with Crippen LogP contribution in [0.15, 0.2) is 12.1 Å². The summed E-state index contributed by atoms with van der Waals surface area (Å²) in [6.45, 7) is 2.22. The molecule has 25 heavy (non-hydrogen) atoms. The highest BCUT2D eigenvalue weighted by atomic mass is 19.1. The highest BCUT2D eigenvalue weighted by Crippen LogP contribution is 2.65. The van der Waals surface area contributed by atoms with Crippen molar-refractivity contribution in [1.29, 1.82) is 5.26 Å². The Kier molecular flexibility index (Phi) is 3.71. The maximum absolute atomic E-state index is 14.6. The third kappa shape index (κ3) is 2.12. The number of halogens is 1. The number of hydrogen-bond acceptors (Lipinski definition) is 2. The molecule has 3 aliphatic rings. The maximum Gasteiger partial charge on any atom is 0.144 e. The van der Waals surface area contributed by atoms with Crippen LogP contribution in [0.25, 0.3) is 0 Å². The minimum Gasteiger partial charge on any atom is -0.388 e. The Morgan fingerprint density at radius 2 is 2.12 bits per heavy atom. The number of nitrogens with zero attached hydrogens (tertiary/aromatic N) is 1. The maximum atomic E-state index is 14.6. The van der Waals surface area contributed by atoms with Crippen molar-refractivity contribution < 1.29 is 9.50 Å². The first-order chi connectivity index (χ1) is 11.9. The quantitative estimate of drug-likeness (QED) is 0.776. The van der Waals surface area contributed by atoms with Gasteiger partial charge in [-0.05, 0) is 73.5 Å². The number of fused-ring (bicyclic) bond motifs is 5. The van der Waals surface area contributed by atoms with Gasteiger partial charge < -0.3 is 5.11 Å². The van der Waals surface area contributed by atoms with E-state index in [1.54, 1.807) is 6.07 Å². The molecule has 3 heteroatoms. The summed E-state index contributed by atoms with van der Waals surface area (Å²) in [4.78, 5) is 0. The molecule has 0 radical (unpaired) electrons. The van der Waals surface area contributed by atoms with Crippen LogP contribution in [-0.4, -0.2) is 10.7 Å². The Morgan fingerprint density at radius 3 is 2.84 bits per heavy atom. The third-order valence-corrected chi connectivity index (χ3v) is 7.68. The minimum absolute atomic E-state index is 0.136. The van der Waals surface area contributed by atoms with Crippen LogP contribution in [-0.2, 0) is 6.42 Å². The highest BCUT2D eigenvalue weighted by Gasteiger charge is 2.61. The van der Waals surface area contributed by atoms with Crippen LogP contribution in [0.2, 0.25) is 0 Å². The van der Waals surface area contributed by atoms with E-state index in [1.807, 2.05) is 12.1 Å². The number of aliphatic hydroxyl groups is 1. The lowest BCUT2D eigenvalue weighted by Gasteiger charge is -2.53. The molecule has 2 fully saturated rings. The van der Waals surface area contributed by atoms with Gasteiger partial charge in [-0.3, -0.25) is 0 Å². The monoisotopic (exact) mass is 337 g/mol. The van der Waals surface area contributed by atoms with Crippen molar-refractivity contribution in [3.63, 3.8) is 0 Å². The molecular weight excluding hydrogens is 313 g/mol. The molecule has 5 atom stereocenters. The van der Waals surface area contributed by atoms with Crippen LogP contribution in [0.5, 0.6) is 0 Å². The number of rotatable bonds is 1. The van der Waals surface area contributed by atoms with E-state index < -0.39 is 5.60 Å². The lowest BCUT2D eigenvalue weighted by molar-refractivity contribution is -0.0991. The molecule has 1 N–H and O–H groups in total. The molecule has 0 heterocycles. The van der Waals surface area contributed by atoms with Gasteiger partial charge in [-0.15, -0.1) is 12.3 Å². The number of benzene rings is 1. The summed E-state index contributed by atoms with van der Waals surface area (Å²) < 4.78 is 14.6. The van der Waals surface area contributed by atoms with E-state index in [4.69, 9.17) is 11.7 Å². The Labute approximate surface area is 149 Å². The van der Waals surface area contributed by atoms with Gasteiger partial charge in [0.05, 0.1) is 11.2 Å². The van der Waals surface area contributed by atoms with Crippen molar-refractivity contribution >= 4 is 0 Å². The first-order valence-corrected chi connectivity index (χ1v) is 9.32. The summed E-state index contributed by atoms with van der Waals surface area (Å²) in [6, 6.07) is 5.56. The first kappa shape index (κ1) is 16.6. The lowest BCUT2D eigenvalue weighted by Crippen LogP contribution is -2.50. The molecule has 3 aliphatic carbocycles. The molecule has 0 spiro atoms. The smallest absolute Gasteiger partial charge is 0.144 e. The van der Waals surface area contributed by atoms with Crippen molar-refractivity contribution in [2.45, 2.75) is 63.4 Å². The summed E-state index contributed by atoms with van der Waals surface area (Å²) in [5.74, 6) is 3.63. The molecule has 2 nitrogen and oxygen atoms in total. The normalized spacial score (nSPS) is 38.8. The summed E-state index contributed by atoms with van der Waals surface area (Å²) in [5.41, 5.74) is 1.11. The molecule has 0 saturated heterocycles. The van der Waals surface area contributed by atoms with E-state index in [0.29, 0.717) is 30.6 Å². The van der Waals surface area contributed by atoms with E-state index in [9.17, 15) is 9.50 Å². The van der Waals surface area contributed by atoms with Crippen molar-refractivity contribution in [3.05, 3.63) is 34.6 Å². The Bertz CT molecular complexity index is 803. The van der Waals surface area contributed by atoms with E-state index >= 15 is 0 Å². The van der Waals surface area contributed by atoms with Crippen molar-refractivity contribution in [1.82, 2.24) is 0 Å². The van der Waals surface area contributed by atoms with Gasteiger partial charge in [0, 0.05) is 11.8 Å². The Balaban J connectivity index is 1.71. The zero-order chi connectivity index (χ0) is 17.8. The molecule has 1 aromatic rings. The molecule has 2 saturated carbocycles. The summed E-state index contributed by atoms with van der Waals surface area (Å²) in [7, 11) is 0. The Morgan fingerprint density at radius 1 is 1.32 bits per heavy atom. The first-order valence-electron chi connectivity index (χ1n) is 9.32. The predicted octanol–water partition coefficient (Wildman–Crippen LogP) is 4.31. The van der Waals surface area contributed by atoms with Crippen LogP contribution in [0.4, 0.5) is 4.39 Å². The van der Waals surface area contributed by atoms with Gasteiger partial charge in [-0.1, -0.05) is 13.0 Å². The lowest BCUT2D eigenvalue weighted by atomic mass is 9.53. The van der Waals surface area contributed by atoms with Crippen molar-refractivity contribution in [2.75, 3.05) is 0 Å². The second-order valence-corrected chi connectivity index (χ2v) is 8.43. The molecular formula is C22H24FNO. The summed E-state index contributed by atoms with van der Waals surface area (Å²) in [6.07, 6.45) is 11.3. The predicted molar refractivity (Wildman–Crippen MR) is 94.1 cm³/mol. The fourth-order valence-electron chi connectivity index (χ4n) is 6.28. The van der Waals surface area contributed by atoms with E-state index in [-0.39, 0.29) is 16.8 Å². The second kappa shape index (κ2) is 5.58. The fraction of sp³-hybridized carbons (Fsp3) is 0.591. The molecule has 0 aliphatic heterocycles. The van der Waals surface area contributed by atoms with Crippen molar-refractivity contribution in [2.24, 2.45) is 17.3 Å². The van der Waals surface area contributed by atoms with Crippen LogP contribution >= 0.6 is 0 Å². The van der Waals surface area contributed by atoms with Crippen LogP contribution < -0.4 is 0 Å². The molecule has 3 unspecified atom stereocenters. The average molecular weight is 337 g/mol. The Hall–Kier alpha value is -1.84. The largest absolute Gasteiger partial charge is 0.388 e. The molecule has 0 amide bonds. The van der Waals surface area contributed by atoms with Crippen LogP contribution in [0.1, 0.15) is 68.1 Å². The summed E-state index contributed by atoms with van der Waals surface area (Å²) in [5, 5.41) is 20.3. The number of hydrogen-bond donors (Lipinski definition) is 1. The molecule has 1 aromatic carbocycles. The fourth-order valence-corrected chi connectivity index (χ4v) is 6.28. The topological polar surface area (TPSA) is 44.0 Å². The van der Waals surface area contributed by atoms with Gasteiger partial charge in [0.1, 0.15) is 11.9 Å². The number of nitriles is 1. The molecule has 4 rings (SSSR count). The van der Waals surface area contributed by atoms with E-state index in [2.05, 4.69) is 12.8 Å². The zero-order valence-electron chi connectivity index (χ0n) is 14.7. The van der Waals surface area contributed by atoms with Gasteiger partial charge in [0.25, 0.3) is 0 Å². The van der Waals surface area contributed by atoms with Gasteiger partial charge in [0.2, 0.25) is 0 Å². The highest BCUT2D eigenvalue weighted by molar-refractivity contribution is 5.44. The standard InChI is InChI=1S/C22H24FNO/c1-3-10-22(25)12-9-19-17-6-7-18-15(5-4-14(13-24)20(18)23)16(17)8-11-21(19,22)2/h1,4-5,16-17,19,25H,6-12H2,2H3/t16?,17?,19?,21-,22-/m0/s1. The van der Waals surface area contributed by atoms with Gasteiger partial charge in [-0.25, -0.2) is 4.39 Å². The van der Waals surface area contributed by atoms with Crippen LogP contribution in [0, 0.1) is 46.7 Å². The molecule has 0 aromatic heterocycles. The van der Waals surface area contributed by atoms with E-state index in [0.717, 1.165) is 43.2 Å². The molecule has 0 bridgehead atoms. The van der Waals surface area contributed by atoms with Crippen molar-refractivity contribution in [3.8, 4) is 18.4 Å². The summed E-state index contributed by atoms with van der Waals surface area (Å²) >= 11 is 0. The van der Waals surface area contributed by atoms with Gasteiger partial charge >= 0.3 is 0 Å². The van der Waals surface area contributed by atoms with Gasteiger partial charge in [-0.2, -0.15) is 5.26 Å². The zero-order valence-corrected chi connectivity index (χ0v) is 14.7. The SMILES string of the molecule is C#CC[C@]1(O)CCC2C3CCc4c(ccc(C#N)c4F)C3CC[C@@]21C. The van der Waals surface area contributed by atoms with E-state index in [1.165, 1.54) is 0 Å². The average Bonchev–Trinajstić information content (AvgIpc) is 2.87. The second-order valence-electron chi connectivity index (χ2n) is 8.43.